The van der Waals surface area contributed by atoms with Gasteiger partial charge in [-0.25, -0.2) is 0 Å². The lowest BCUT2D eigenvalue weighted by atomic mass is 10.1. The van der Waals surface area contributed by atoms with Crippen molar-refractivity contribution in [2.75, 3.05) is 6.61 Å². The summed E-state index contributed by atoms with van der Waals surface area (Å²) in [5.41, 5.74) is 6.13. The van der Waals surface area contributed by atoms with E-state index in [4.69, 9.17) is 10.2 Å². The van der Waals surface area contributed by atoms with E-state index in [1.165, 1.54) is 10.4 Å². The van der Waals surface area contributed by atoms with Gasteiger partial charge >= 0.3 is 0 Å². The largest absolute Gasteiger partial charge is 0.407 e. The minimum atomic E-state index is -2.40. The molecular weight excluding hydrogens is 334 g/mol. The summed E-state index contributed by atoms with van der Waals surface area (Å²) in [7, 11) is -2.40. The lowest BCUT2D eigenvalue weighted by Gasteiger charge is -2.43. The monoisotopic (exact) mass is 367 g/mol. The number of hydrogen-bond donors (Lipinski definition) is 1. The first-order valence-electron chi connectivity index (χ1n) is 9.53. The van der Waals surface area contributed by atoms with E-state index < -0.39 is 8.32 Å². The highest BCUT2D eigenvalue weighted by Gasteiger charge is 2.49. The molecule has 0 saturated carbocycles. The first kappa shape index (κ1) is 20.6. The third-order valence-electron chi connectivity index (χ3n) is 4.92. The second-order valence-corrected chi connectivity index (χ2v) is 12.2. The van der Waals surface area contributed by atoms with Crippen LogP contribution < -0.4 is 16.1 Å². The van der Waals surface area contributed by atoms with Crippen molar-refractivity contribution < 1.29 is 4.43 Å². The minimum absolute atomic E-state index is 0.0267. The van der Waals surface area contributed by atoms with Crippen molar-refractivity contribution in [1.29, 1.82) is 0 Å². The van der Waals surface area contributed by atoms with E-state index in [1.807, 2.05) is 6.08 Å². The van der Waals surface area contributed by atoms with Crippen molar-refractivity contribution in [3.8, 4) is 0 Å². The third-order valence-corrected chi connectivity index (χ3v) is 9.97. The fourth-order valence-electron chi connectivity index (χ4n) is 3.66. The van der Waals surface area contributed by atoms with Crippen LogP contribution >= 0.6 is 0 Å². The minimum Gasteiger partial charge on any atom is -0.407 e. The van der Waals surface area contributed by atoms with E-state index in [0.717, 1.165) is 25.9 Å². The number of rotatable bonds is 9. The maximum Gasteiger partial charge on any atom is 0.261 e. The molecule has 0 spiro atoms. The Balaban J connectivity index is 2.33. The molecule has 0 aliphatic carbocycles. The van der Waals surface area contributed by atoms with E-state index in [2.05, 4.69) is 88.0 Å². The number of hydrogen-bond acceptors (Lipinski definition) is 2. The molecule has 0 saturated heterocycles. The molecule has 0 aliphatic rings. The second-order valence-electron chi connectivity index (χ2n) is 7.94. The summed E-state index contributed by atoms with van der Waals surface area (Å²) in [4.78, 5) is 0. The van der Waals surface area contributed by atoms with Crippen LogP contribution in [-0.2, 0) is 4.43 Å². The quantitative estimate of drug-likeness (QED) is 0.408. The maximum absolute atomic E-state index is 6.85. The zero-order valence-corrected chi connectivity index (χ0v) is 17.4. The highest BCUT2D eigenvalue weighted by molar-refractivity contribution is 6.99. The Hall–Kier alpha value is -1.68. The van der Waals surface area contributed by atoms with E-state index in [0.29, 0.717) is 0 Å². The average molecular weight is 368 g/mol. The molecule has 0 heterocycles. The summed E-state index contributed by atoms with van der Waals surface area (Å²) >= 11 is 0. The maximum atomic E-state index is 6.85. The van der Waals surface area contributed by atoms with Crippen LogP contribution in [0.2, 0.25) is 5.04 Å². The van der Waals surface area contributed by atoms with Gasteiger partial charge in [0.15, 0.2) is 0 Å². The predicted molar refractivity (Wildman–Crippen MR) is 116 cm³/mol. The molecule has 2 aromatic rings. The number of benzene rings is 2. The lowest BCUT2D eigenvalue weighted by Crippen LogP contribution is -2.66. The Kier molecular flexibility index (Phi) is 7.39. The Morgan fingerprint density at radius 3 is 1.92 bits per heavy atom. The zero-order valence-electron chi connectivity index (χ0n) is 16.4. The van der Waals surface area contributed by atoms with Gasteiger partial charge in [0.2, 0.25) is 0 Å². The van der Waals surface area contributed by atoms with Gasteiger partial charge in [0.05, 0.1) is 0 Å². The standard InChI is InChI=1S/C23H33NOSi/c1-5-13-20(24)14-12-19-25-26(23(2,3)4,21-15-8-6-9-16-21)22-17-10-7-11-18-22/h5-11,15-18,20H,1,12-14,19,24H2,2-4H3. The first-order valence-corrected chi connectivity index (χ1v) is 11.4. The van der Waals surface area contributed by atoms with Gasteiger partial charge in [0.25, 0.3) is 8.32 Å². The van der Waals surface area contributed by atoms with Crippen molar-refractivity contribution in [2.24, 2.45) is 5.73 Å². The van der Waals surface area contributed by atoms with Gasteiger partial charge in [0.1, 0.15) is 0 Å². The molecule has 2 rings (SSSR count). The van der Waals surface area contributed by atoms with Gasteiger partial charge in [-0.05, 0) is 34.7 Å². The van der Waals surface area contributed by atoms with Gasteiger partial charge in [0, 0.05) is 12.6 Å². The molecule has 26 heavy (non-hydrogen) atoms. The fraction of sp³-hybridized carbons (Fsp3) is 0.391. The van der Waals surface area contributed by atoms with E-state index in [9.17, 15) is 0 Å². The summed E-state index contributed by atoms with van der Waals surface area (Å²) in [6, 6.07) is 21.7. The molecule has 0 radical (unpaired) electrons. The molecule has 2 N–H and O–H groups in total. The summed E-state index contributed by atoms with van der Waals surface area (Å²) < 4.78 is 6.85. The van der Waals surface area contributed by atoms with Crippen LogP contribution in [0.4, 0.5) is 0 Å². The van der Waals surface area contributed by atoms with Gasteiger partial charge in [-0.3, -0.25) is 0 Å². The molecular formula is C23H33NOSi. The molecule has 1 unspecified atom stereocenters. The Bertz CT molecular complexity index is 624. The summed E-state index contributed by atoms with van der Waals surface area (Å²) in [6.07, 6.45) is 4.69. The van der Waals surface area contributed by atoms with Crippen LogP contribution in [0.3, 0.4) is 0 Å². The fourth-order valence-corrected chi connectivity index (χ4v) is 8.27. The first-order chi connectivity index (χ1) is 12.4. The highest BCUT2D eigenvalue weighted by atomic mass is 28.4. The van der Waals surface area contributed by atoms with Crippen LogP contribution in [0, 0.1) is 0 Å². The Labute approximate surface area is 160 Å². The van der Waals surface area contributed by atoms with E-state index in [1.54, 1.807) is 0 Å². The third kappa shape index (κ3) is 4.73. The highest BCUT2D eigenvalue weighted by Crippen LogP contribution is 2.36. The van der Waals surface area contributed by atoms with E-state index in [-0.39, 0.29) is 11.1 Å². The smallest absolute Gasteiger partial charge is 0.261 e. The lowest BCUT2D eigenvalue weighted by molar-refractivity contribution is 0.284. The zero-order chi connectivity index (χ0) is 19.0. The van der Waals surface area contributed by atoms with Crippen LogP contribution in [0.5, 0.6) is 0 Å². The summed E-state index contributed by atoms with van der Waals surface area (Å²) in [5.74, 6) is 0. The molecule has 3 heteroatoms. The van der Waals surface area contributed by atoms with Crippen LogP contribution in [-0.4, -0.2) is 21.0 Å². The van der Waals surface area contributed by atoms with Gasteiger partial charge in [-0.15, -0.1) is 6.58 Å². The molecule has 2 nitrogen and oxygen atoms in total. The van der Waals surface area contributed by atoms with Crippen molar-refractivity contribution >= 4 is 18.7 Å². The molecule has 1 atom stereocenters. The Morgan fingerprint density at radius 2 is 1.50 bits per heavy atom. The van der Waals surface area contributed by atoms with Gasteiger partial charge in [-0.2, -0.15) is 0 Å². The van der Waals surface area contributed by atoms with Gasteiger partial charge in [-0.1, -0.05) is 87.5 Å². The SMILES string of the molecule is C=CCC(N)CCCO[Si](c1ccccc1)(c1ccccc1)C(C)(C)C. The van der Waals surface area contributed by atoms with Crippen LogP contribution in [0.15, 0.2) is 73.3 Å². The Morgan fingerprint density at radius 1 is 1.00 bits per heavy atom. The van der Waals surface area contributed by atoms with Crippen molar-refractivity contribution in [2.45, 2.75) is 51.1 Å². The molecule has 140 valence electrons. The van der Waals surface area contributed by atoms with E-state index >= 15 is 0 Å². The predicted octanol–water partition coefficient (Wildman–Crippen LogP) is 4.25. The van der Waals surface area contributed by atoms with Crippen molar-refractivity contribution in [3.05, 3.63) is 73.3 Å². The molecule has 0 aromatic heterocycles. The average Bonchev–Trinajstić information content (AvgIpc) is 2.62. The molecule has 0 amide bonds. The van der Waals surface area contributed by atoms with Crippen molar-refractivity contribution in [3.63, 3.8) is 0 Å². The van der Waals surface area contributed by atoms with Crippen LogP contribution in [0.25, 0.3) is 0 Å². The van der Waals surface area contributed by atoms with Gasteiger partial charge < -0.3 is 10.2 Å². The normalized spacial score (nSPS) is 13.4. The number of nitrogens with two attached hydrogens (primary N) is 1. The molecule has 0 bridgehead atoms. The molecule has 0 fully saturated rings. The molecule has 0 aliphatic heterocycles. The summed E-state index contributed by atoms with van der Waals surface area (Å²) in [5, 5.41) is 2.68. The van der Waals surface area contributed by atoms with Crippen LogP contribution in [0.1, 0.15) is 40.0 Å². The molecule has 2 aromatic carbocycles. The van der Waals surface area contributed by atoms with Crippen molar-refractivity contribution in [1.82, 2.24) is 0 Å². The topological polar surface area (TPSA) is 35.2 Å². The second kappa shape index (κ2) is 9.31. The summed E-state index contributed by atoms with van der Waals surface area (Å²) in [6.45, 7) is 11.4.